The van der Waals surface area contributed by atoms with Crippen molar-refractivity contribution in [3.8, 4) is 23.0 Å². The highest BCUT2D eigenvalue weighted by Gasteiger charge is 2.32. The number of nitrogens with one attached hydrogen (secondary N) is 3. The summed E-state index contributed by atoms with van der Waals surface area (Å²) >= 11 is 6.24. The summed E-state index contributed by atoms with van der Waals surface area (Å²) in [5.41, 5.74) is 5.44. The second-order valence-electron chi connectivity index (χ2n) is 9.93. The molecule has 0 radical (unpaired) electrons. The Bertz CT molecular complexity index is 1600. The van der Waals surface area contributed by atoms with Gasteiger partial charge in [0.1, 0.15) is 13.2 Å². The van der Waals surface area contributed by atoms with Crippen molar-refractivity contribution in [2.24, 2.45) is 5.10 Å². The molecule has 1 heterocycles. The van der Waals surface area contributed by atoms with E-state index in [9.17, 15) is 14.7 Å². The van der Waals surface area contributed by atoms with Crippen LogP contribution in [0.25, 0.3) is 0 Å². The summed E-state index contributed by atoms with van der Waals surface area (Å²) in [5, 5.41) is 20.6. The van der Waals surface area contributed by atoms with E-state index >= 15 is 0 Å². The van der Waals surface area contributed by atoms with Crippen molar-refractivity contribution >= 4 is 29.8 Å². The molecular formula is C33H37ClN4O8. The monoisotopic (exact) mass is 652 g/mol. The van der Waals surface area contributed by atoms with Crippen LogP contribution >= 0.6 is 11.6 Å². The standard InChI is InChI=1S/C33H37ClN4O8/c1-5-43-27-15-21(11-13-25(27)45-18-23-9-7-8-10-24(23)34)17-35-38-29(39)19-46-26-14-12-22(16-28(26)44-6-2)31-30(32(40)42-4)20(3)36-33(41)37-31/h7-17,29,31,38-39H,5-6,18-19H2,1-4H3,(H2,36,37,41)/b35-17-/t29-,31-/m0/s1. The Morgan fingerprint density at radius 3 is 2.41 bits per heavy atom. The molecule has 0 spiro atoms. The highest BCUT2D eigenvalue weighted by molar-refractivity contribution is 6.31. The number of hydrazone groups is 1. The van der Waals surface area contributed by atoms with Crippen molar-refractivity contribution < 1.29 is 38.4 Å². The number of aliphatic hydroxyl groups excluding tert-OH is 1. The fraction of sp³-hybridized carbons (Fsp3) is 0.303. The molecule has 3 aromatic rings. The van der Waals surface area contributed by atoms with Crippen LogP contribution in [-0.2, 0) is 16.1 Å². The lowest BCUT2D eigenvalue weighted by atomic mass is 9.95. The van der Waals surface area contributed by atoms with Gasteiger partial charge in [-0.2, -0.15) is 5.10 Å². The maximum atomic E-state index is 12.5. The number of benzene rings is 3. The average molecular weight is 653 g/mol. The first-order chi connectivity index (χ1) is 22.2. The number of hydrogen-bond acceptors (Lipinski definition) is 10. The molecule has 244 valence electrons. The van der Waals surface area contributed by atoms with Gasteiger partial charge in [0.05, 0.1) is 38.2 Å². The fourth-order valence-corrected chi connectivity index (χ4v) is 4.77. The second kappa shape index (κ2) is 16.4. The zero-order valence-corrected chi connectivity index (χ0v) is 26.7. The third-order valence-corrected chi connectivity index (χ3v) is 7.09. The first-order valence-corrected chi connectivity index (χ1v) is 15.0. The third-order valence-electron chi connectivity index (χ3n) is 6.72. The molecular weight excluding hydrogens is 616 g/mol. The summed E-state index contributed by atoms with van der Waals surface area (Å²) in [7, 11) is 1.27. The summed E-state index contributed by atoms with van der Waals surface area (Å²) in [4.78, 5) is 24.6. The van der Waals surface area contributed by atoms with Gasteiger partial charge in [-0.1, -0.05) is 35.9 Å². The molecule has 12 nitrogen and oxygen atoms in total. The van der Waals surface area contributed by atoms with Gasteiger partial charge in [-0.25, -0.2) is 9.59 Å². The van der Waals surface area contributed by atoms with Crippen LogP contribution < -0.4 is 35.0 Å². The van der Waals surface area contributed by atoms with Gasteiger partial charge in [-0.15, -0.1) is 0 Å². The number of halogens is 1. The SMILES string of the molecule is CCOc1cc(/C=N\N[C@@H](O)COc2ccc([C@@H]3NC(=O)NC(C)=C3C(=O)OC)cc2OCC)ccc1OCc1ccccc1Cl. The van der Waals surface area contributed by atoms with Crippen LogP contribution in [0.5, 0.6) is 23.0 Å². The second-order valence-corrected chi connectivity index (χ2v) is 10.3. The van der Waals surface area contributed by atoms with Crippen LogP contribution in [0.3, 0.4) is 0 Å². The van der Waals surface area contributed by atoms with Gasteiger partial charge in [0.25, 0.3) is 0 Å². The van der Waals surface area contributed by atoms with E-state index in [4.69, 9.17) is 35.3 Å². The molecule has 0 saturated carbocycles. The van der Waals surface area contributed by atoms with Gasteiger partial charge < -0.3 is 39.4 Å². The number of carbonyl (C=O) groups excluding carboxylic acids is 2. The Balaban J connectivity index is 1.38. The minimum Gasteiger partial charge on any atom is -0.490 e. The maximum absolute atomic E-state index is 12.5. The van der Waals surface area contributed by atoms with Crippen LogP contribution in [0, 0.1) is 0 Å². The fourth-order valence-electron chi connectivity index (χ4n) is 4.58. The molecule has 0 aromatic heterocycles. The Morgan fingerprint density at radius 1 is 1.00 bits per heavy atom. The molecule has 0 aliphatic carbocycles. The number of nitrogens with zero attached hydrogens (tertiary/aromatic N) is 1. The quantitative estimate of drug-likeness (QED) is 0.0783. The Morgan fingerprint density at radius 2 is 1.70 bits per heavy atom. The number of methoxy groups -OCH3 is 1. The van der Waals surface area contributed by atoms with Crippen LogP contribution in [0.4, 0.5) is 4.79 Å². The molecule has 4 N–H and O–H groups in total. The molecule has 0 bridgehead atoms. The zero-order valence-electron chi connectivity index (χ0n) is 26.0. The Labute approximate surface area is 272 Å². The van der Waals surface area contributed by atoms with Crippen molar-refractivity contribution in [1.29, 1.82) is 0 Å². The Hall–Kier alpha value is -4.94. The van der Waals surface area contributed by atoms with Gasteiger partial charge in [-0.05, 0) is 68.3 Å². The lowest BCUT2D eigenvalue weighted by Crippen LogP contribution is -2.45. The molecule has 2 atom stereocenters. The zero-order chi connectivity index (χ0) is 33.1. The Kier molecular flexibility index (Phi) is 12.1. The number of carbonyl (C=O) groups is 2. The number of amides is 2. The number of aliphatic hydroxyl groups is 1. The summed E-state index contributed by atoms with van der Waals surface area (Å²) in [6.07, 6.45) is 0.376. The van der Waals surface area contributed by atoms with Crippen molar-refractivity contribution in [3.63, 3.8) is 0 Å². The van der Waals surface area contributed by atoms with E-state index in [0.717, 1.165) is 5.56 Å². The lowest BCUT2D eigenvalue weighted by Gasteiger charge is -2.28. The highest BCUT2D eigenvalue weighted by atomic mass is 35.5. The summed E-state index contributed by atoms with van der Waals surface area (Å²) < 4.78 is 28.2. The number of allylic oxidation sites excluding steroid dienone is 1. The van der Waals surface area contributed by atoms with Gasteiger partial charge in [0.2, 0.25) is 0 Å². The first-order valence-electron chi connectivity index (χ1n) is 14.6. The van der Waals surface area contributed by atoms with Crippen LogP contribution in [0.15, 0.2) is 77.0 Å². The minimum atomic E-state index is -1.16. The smallest absolute Gasteiger partial charge is 0.337 e. The van der Waals surface area contributed by atoms with Gasteiger partial charge in [-0.3, -0.25) is 5.43 Å². The number of urea groups is 1. The molecule has 0 unspecified atom stereocenters. The van der Waals surface area contributed by atoms with Gasteiger partial charge in [0, 0.05) is 16.3 Å². The molecule has 0 saturated heterocycles. The molecule has 4 rings (SSSR count). The summed E-state index contributed by atoms with van der Waals surface area (Å²) in [6.45, 7) is 6.21. The topological polar surface area (TPSA) is 149 Å². The molecule has 3 aromatic carbocycles. The predicted octanol–water partition coefficient (Wildman–Crippen LogP) is 4.84. The van der Waals surface area contributed by atoms with Crippen LogP contribution in [0.1, 0.15) is 43.5 Å². The largest absolute Gasteiger partial charge is 0.490 e. The van der Waals surface area contributed by atoms with E-state index in [1.165, 1.54) is 13.3 Å². The van der Waals surface area contributed by atoms with Gasteiger partial charge >= 0.3 is 12.0 Å². The number of esters is 1. The van der Waals surface area contributed by atoms with Crippen molar-refractivity contribution in [2.45, 2.75) is 39.6 Å². The third kappa shape index (κ3) is 8.83. The average Bonchev–Trinajstić information content (AvgIpc) is 3.04. The van der Waals surface area contributed by atoms with E-state index in [1.807, 2.05) is 44.2 Å². The van der Waals surface area contributed by atoms with E-state index in [2.05, 4.69) is 21.2 Å². The molecule has 0 fully saturated rings. The predicted molar refractivity (Wildman–Crippen MR) is 172 cm³/mol. The van der Waals surface area contributed by atoms with E-state index < -0.39 is 24.3 Å². The van der Waals surface area contributed by atoms with E-state index in [-0.39, 0.29) is 18.8 Å². The van der Waals surface area contributed by atoms with Crippen molar-refractivity contribution in [1.82, 2.24) is 16.1 Å². The minimum absolute atomic E-state index is 0.160. The molecule has 1 aliphatic heterocycles. The first kappa shape index (κ1) is 33.9. The lowest BCUT2D eigenvalue weighted by molar-refractivity contribution is -0.136. The summed E-state index contributed by atoms with van der Waals surface area (Å²) in [5.74, 6) is 1.25. The number of rotatable bonds is 15. The number of ether oxygens (including phenoxy) is 5. The molecule has 13 heteroatoms. The molecule has 1 aliphatic rings. The number of hydrogen-bond donors (Lipinski definition) is 4. The van der Waals surface area contributed by atoms with Crippen molar-refractivity contribution in [2.75, 3.05) is 26.9 Å². The normalized spacial score (nSPS) is 15.1. The van der Waals surface area contributed by atoms with Gasteiger partial charge in [0.15, 0.2) is 29.2 Å². The van der Waals surface area contributed by atoms with Crippen molar-refractivity contribution in [3.05, 3.63) is 93.6 Å². The van der Waals surface area contributed by atoms with Crippen LogP contribution in [-0.4, -0.2) is 56.5 Å². The highest BCUT2D eigenvalue weighted by Crippen LogP contribution is 2.35. The van der Waals surface area contributed by atoms with Crippen LogP contribution in [0.2, 0.25) is 5.02 Å². The maximum Gasteiger partial charge on any atom is 0.337 e. The summed E-state index contributed by atoms with van der Waals surface area (Å²) in [6, 6.07) is 16.6. The molecule has 2 amide bonds. The molecule has 46 heavy (non-hydrogen) atoms. The van der Waals surface area contributed by atoms with E-state index in [1.54, 1.807) is 37.3 Å². The van der Waals surface area contributed by atoms with E-state index in [0.29, 0.717) is 58.1 Å².